The molecule has 0 aromatic heterocycles. The highest BCUT2D eigenvalue weighted by Gasteiger charge is 2.72. The lowest BCUT2D eigenvalue weighted by atomic mass is 10.0. The maximum Gasteiger partial charge on any atom is 0.233 e. The van der Waals surface area contributed by atoms with Gasteiger partial charge in [-0.3, -0.25) is 14.5 Å². The van der Waals surface area contributed by atoms with Gasteiger partial charge in [0.15, 0.2) is 0 Å². The monoisotopic (exact) mass is 210 g/mol. The molecule has 1 aliphatic carbocycles. The zero-order valence-corrected chi connectivity index (χ0v) is 9.49. The zero-order chi connectivity index (χ0) is 11.4. The van der Waals surface area contributed by atoms with Gasteiger partial charge in [0.05, 0.1) is 11.8 Å². The Bertz CT molecular complexity index is 301. The zero-order valence-electron chi connectivity index (χ0n) is 9.49. The summed E-state index contributed by atoms with van der Waals surface area (Å²) in [5.41, 5.74) is 5.39. The summed E-state index contributed by atoms with van der Waals surface area (Å²) >= 11 is 0. The average Bonchev–Trinajstić information content (AvgIpc) is 2.64. The number of piperidine rings is 1. The van der Waals surface area contributed by atoms with Gasteiger partial charge < -0.3 is 5.73 Å². The minimum Gasteiger partial charge on any atom is -0.330 e. The van der Waals surface area contributed by atoms with E-state index in [1.54, 1.807) is 0 Å². The highest BCUT2D eigenvalue weighted by atomic mass is 16.2. The number of hydrogen-bond acceptors (Lipinski definition) is 3. The van der Waals surface area contributed by atoms with Crippen LogP contribution in [0.2, 0.25) is 0 Å². The second-order valence-electron chi connectivity index (χ2n) is 5.40. The molecule has 1 aliphatic heterocycles. The molecular weight excluding hydrogens is 192 g/mol. The van der Waals surface area contributed by atoms with Crippen LogP contribution in [-0.2, 0) is 9.59 Å². The molecule has 2 fully saturated rings. The molecule has 4 nitrogen and oxygen atoms in total. The van der Waals surface area contributed by atoms with Crippen LogP contribution in [0.25, 0.3) is 0 Å². The first-order valence-corrected chi connectivity index (χ1v) is 5.46. The molecule has 2 rings (SSSR count). The second kappa shape index (κ2) is 3.04. The van der Waals surface area contributed by atoms with Gasteiger partial charge in [-0.15, -0.1) is 0 Å². The summed E-state index contributed by atoms with van der Waals surface area (Å²) in [6.07, 6.45) is 0. The molecule has 2 amide bonds. The van der Waals surface area contributed by atoms with E-state index in [9.17, 15) is 9.59 Å². The van der Waals surface area contributed by atoms with E-state index in [1.165, 1.54) is 4.90 Å². The Balaban J connectivity index is 2.08. The van der Waals surface area contributed by atoms with Gasteiger partial charge in [-0.2, -0.15) is 0 Å². The van der Waals surface area contributed by atoms with E-state index >= 15 is 0 Å². The Morgan fingerprint density at radius 1 is 1.33 bits per heavy atom. The molecule has 1 heterocycles. The number of carbonyl (C=O) groups excluding carboxylic acids is 2. The molecular formula is C11H18N2O2. The molecule has 3 unspecified atom stereocenters. The molecule has 0 spiro atoms. The first-order valence-electron chi connectivity index (χ1n) is 5.46. The molecule has 4 heteroatoms. The fourth-order valence-electron chi connectivity index (χ4n) is 2.57. The Kier molecular flexibility index (Phi) is 2.15. The summed E-state index contributed by atoms with van der Waals surface area (Å²) in [4.78, 5) is 25.2. The van der Waals surface area contributed by atoms with Crippen LogP contribution in [0.1, 0.15) is 20.8 Å². The van der Waals surface area contributed by atoms with Crippen molar-refractivity contribution >= 4 is 11.8 Å². The predicted octanol–water partition coefficient (Wildman–Crippen LogP) is 0.222. The summed E-state index contributed by atoms with van der Waals surface area (Å²) in [5, 5.41) is 0. The number of imide groups is 1. The first-order chi connectivity index (χ1) is 6.91. The average molecular weight is 210 g/mol. The first kappa shape index (κ1) is 10.6. The fraction of sp³-hybridized carbons (Fsp3) is 0.818. The maximum absolute atomic E-state index is 11.9. The van der Waals surface area contributed by atoms with Crippen LogP contribution in [0, 0.1) is 23.2 Å². The van der Waals surface area contributed by atoms with Crippen molar-refractivity contribution in [1.82, 2.24) is 4.90 Å². The molecule has 15 heavy (non-hydrogen) atoms. The quantitative estimate of drug-likeness (QED) is 0.678. The van der Waals surface area contributed by atoms with Gasteiger partial charge in [0.25, 0.3) is 0 Å². The number of hydrogen-bond donors (Lipinski definition) is 1. The van der Waals surface area contributed by atoms with Crippen LogP contribution in [-0.4, -0.2) is 29.8 Å². The van der Waals surface area contributed by atoms with Gasteiger partial charge in [0, 0.05) is 6.54 Å². The van der Waals surface area contributed by atoms with E-state index in [2.05, 4.69) is 0 Å². The topological polar surface area (TPSA) is 63.4 Å². The molecule has 3 atom stereocenters. The Morgan fingerprint density at radius 3 is 2.20 bits per heavy atom. The van der Waals surface area contributed by atoms with Crippen LogP contribution in [0.5, 0.6) is 0 Å². The minimum absolute atomic E-state index is 0.00954. The number of amides is 2. The van der Waals surface area contributed by atoms with Gasteiger partial charge in [-0.25, -0.2) is 0 Å². The van der Waals surface area contributed by atoms with Crippen molar-refractivity contribution < 1.29 is 9.59 Å². The number of rotatable bonds is 3. The third-order valence-electron chi connectivity index (χ3n) is 3.79. The molecule has 1 saturated carbocycles. The Morgan fingerprint density at radius 2 is 1.80 bits per heavy atom. The second-order valence-corrected chi connectivity index (χ2v) is 5.40. The van der Waals surface area contributed by atoms with Crippen LogP contribution in [0.4, 0.5) is 0 Å². The van der Waals surface area contributed by atoms with Crippen molar-refractivity contribution in [3.8, 4) is 0 Å². The lowest BCUT2D eigenvalue weighted by Gasteiger charge is -2.23. The van der Waals surface area contributed by atoms with Crippen molar-refractivity contribution in [3.63, 3.8) is 0 Å². The van der Waals surface area contributed by atoms with E-state index < -0.39 is 0 Å². The highest BCUT2D eigenvalue weighted by Crippen LogP contribution is 2.63. The molecule has 2 aliphatic rings. The number of likely N-dealkylation sites (tertiary alicyclic amines) is 1. The van der Waals surface area contributed by atoms with Crippen molar-refractivity contribution in [1.29, 1.82) is 0 Å². The molecule has 0 aromatic rings. The molecule has 2 N–H and O–H groups in total. The number of fused-ring (bicyclic) bond motifs is 1. The summed E-state index contributed by atoms with van der Waals surface area (Å²) in [5.74, 6) is 0.0917. The van der Waals surface area contributed by atoms with Gasteiger partial charge in [0.1, 0.15) is 0 Å². The van der Waals surface area contributed by atoms with Gasteiger partial charge in [-0.1, -0.05) is 20.8 Å². The van der Waals surface area contributed by atoms with Crippen LogP contribution >= 0.6 is 0 Å². The lowest BCUT2D eigenvalue weighted by molar-refractivity contribution is -0.143. The van der Waals surface area contributed by atoms with Crippen LogP contribution < -0.4 is 5.73 Å². The van der Waals surface area contributed by atoms with Gasteiger partial charge in [0.2, 0.25) is 11.8 Å². The van der Waals surface area contributed by atoms with Gasteiger partial charge >= 0.3 is 0 Å². The summed E-state index contributed by atoms with van der Waals surface area (Å²) in [6, 6.07) is 0. The Labute approximate surface area is 89.8 Å². The van der Waals surface area contributed by atoms with E-state index in [4.69, 9.17) is 5.73 Å². The van der Waals surface area contributed by atoms with Crippen molar-refractivity contribution in [2.75, 3.05) is 13.1 Å². The number of nitrogens with two attached hydrogens (primary N) is 1. The largest absolute Gasteiger partial charge is 0.330 e. The Hall–Kier alpha value is -0.900. The predicted molar refractivity (Wildman–Crippen MR) is 55.7 cm³/mol. The highest BCUT2D eigenvalue weighted by molar-refractivity contribution is 6.10. The minimum atomic E-state index is -0.101. The molecule has 0 aromatic carbocycles. The smallest absolute Gasteiger partial charge is 0.233 e. The molecule has 0 radical (unpaired) electrons. The summed E-state index contributed by atoms with van der Waals surface area (Å²) < 4.78 is 0. The lowest BCUT2D eigenvalue weighted by Crippen LogP contribution is -2.40. The van der Waals surface area contributed by atoms with Crippen molar-refractivity contribution in [3.05, 3.63) is 0 Å². The maximum atomic E-state index is 11.9. The molecule has 1 saturated heterocycles. The van der Waals surface area contributed by atoms with Crippen LogP contribution in [0.15, 0.2) is 0 Å². The summed E-state index contributed by atoms with van der Waals surface area (Å²) in [6.45, 7) is 6.92. The third kappa shape index (κ3) is 1.31. The van der Waals surface area contributed by atoms with E-state index in [0.29, 0.717) is 13.1 Å². The van der Waals surface area contributed by atoms with Crippen molar-refractivity contribution in [2.24, 2.45) is 28.9 Å². The van der Waals surface area contributed by atoms with Crippen LogP contribution in [0.3, 0.4) is 0 Å². The van der Waals surface area contributed by atoms with E-state index in [1.807, 2.05) is 20.8 Å². The normalized spacial score (nSPS) is 34.3. The molecule has 0 bridgehead atoms. The van der Waals surface area contributed by atoms with E-state index in [0.717, 1.165) is 0 Å². The van der Waals surface area contributed by atoms with E-state index in [-0.39, 0.29) is 35.0 Å². The summed E-state index contributed by atoms with van der Waals surface area (Å²) in [7, 11) is 0. The molecule has 84 valence electrons. The van der Waals surface area contributed by atoms with Gasteiger partial charge in [-0.05, 0) is 17.9 Å². The standard InChI is InChI=1S/C11H18N2O2/c1-6(4-12)5-13-9(14)7-8(10(13)15)11(7,2)3/h6-8H,4-5,12H2,1-3H3. The SMILES string of the molecule is CC(CN)CN1C(=O)C2C(C1=O)C2(C)C. The number of carbonyl (C=O) groups is 2. The number of nitrogens with zero attached hydrogens (tertiary/aromatic N) is 1. The van der Waals surface area contributed by atoms with Crippen molar-refractivity contribution in [2.45, 2.75) is 20.8 Å². The fourth-order valence-corrected chi connectivity index (χ4v) is 2.57. The third-order valence-corrected chi connectivity index (χ3v) is 3.79.